The number of carboxylic acid groups (broad SMARTS) is 4. The molecule has 1 fully saturated rings. The molecule has 1 rings (SSSR count). The number of guanidine groups is 1. The van der Waals surface area contributed by atoms with Crippen LogP contribution in [-0.2, 0) is 28.8 Å². The molecule has 20 N–H and O–H groups in total. The Morgan fingerprint density at radius 2 is 1.31 bits per heavy atom. The van der Waals surface area contributed by atoms with E-state index < -0.39 is 60.0 Å². The Kier molecular flexibility index (Phi) is 23.9. The summed E-state index contributed by atoms with van der Waals surface area (Å²) in [6.07, 6.45) is 2.25. The average Bonchev–Trinajstić information content (AvgIpc) is 3.31. The van der Waals surface area contributed by atoms with Crippen LogP contribution in [-0.4, -0.2) is 105 Å². The zero-order valence-electron chi connectivity index (χ0n) is 22.8. The van der Waals surface area contributed by atoms with E-state index in [1.165, 1.54) is 0 Å². The maximum Gasteiger partial charge on any atom is 0.326 e. The lowest BCUT2D eigenvalue weighted by Crippen LogP contribution is -2.34. The van der Waals surface area contributed by atoms with Crippen molar-refractivity contribution in [3.05, 3.63) is 0 Å². The lowest BCUT2D eigenvalue weighted by atomic mass is 10.2. The highest BCUT2D eigenvalue weighted by molar-refractivity contribution is 5.87. The number of amides is 4. The number of nitrogens with zero attached hydrogens (tertiary/aromatic N) is 1. The van der Waals surface area contributed by atoms with Crippen molar-refractivity contribution in [3.63, 3.8) is 0 Å². The molecule has 242 valence electrons. The smallest absolute Gasteiger partial charge is 0.326 e. The van der Waals surface area contributed by atoms with Crippen molar-refractivity contribution in [1.29, 1.82) is 0 Å². The van der Waals surface area contributed by atoms with Crippen molar-refractivity contribution in [2.45, 2.75) is 69.1 Å². The van der Waals surface area contributed by atoms with Crippen LogP contribution < -0.4 is 50.8 Å². The summed E-state index contributed by atoms with van der Waals surface area (Å²) in [5.74, 6) is -5.05. The minimum atomic E-state index is -1.21. The molecular weight excluding hydrogens is 568 g/mol. The molecule has 4 atom stereocenters. The van der Waals surface area contributed by atoms with Crippen LogP contribution >= 0.6 is 0 Å². The van der Waals surface area contributed by atoms with E-state index in [-0.39, 0.29) is 18.3 Å². The van der Waals surface area contributed by atoms with Crippen molar-refractivity contribution in [3.8, 4) is 0 Å². The molecule has 0 aromatic carbocycles. The first-order chi connectivity index (χ1) is 19.3. The first-order valence-corrected chi connectivity index (χ1v) is 12.2. The second kappa shape index (κ2) is 24.1. The van der Waals surface area contributed by atoms with E-state index in [1.54, 1.807) is 0 Å². The topological polar surface area (TPSA) is 419 Å². The molecule has 1 unspecified atom stereocenters. The van der Waals surface area contributed by atoms with E-state index >= 15 is 0 Å². The van der Waals surface area contributed by atoms with Crippen LogP contribution in [0.25, 0.3) is 0 Å². The molecule has 21 nitrogen and oxygen atoms in total. The van der Waals surface area contributed by atoms with E-state index in [9.17, 15) is 33.6 Å². The standard InChI is InChI=1S/C6H14N4O2.C6H13N3O3.C5H7NO3.C4H8N2O3/c7-4(5(11)12)2-1-3-10-6(8)9;7-4(5(10)11)2-1-3-9-6(8)12;7-4-2-1-3(6-4)5(8)9;5-2(4(8)9)1-3(6)7/h4H,1-3,7H2,(H,11,12)(H4,8,9,10);4H,1-3,7H2,(H,10,11)(H3,8,9,12);3H,1-2H2,(H,6,7)(H,8,9);2H,1,5H2,(H2,6,7)(H,8,9)/t2*4-;;2-/m00.0/s1. The lowest BCUT2D eigenvalue weighted by Gasteiger charge is -2.05. The molecule has 4 amide bonds. The summed E-state index contributed by atoms with van der Waals surface area (Å²) in [6.45, 7) is 0.777. The van der Waals surface area contributed by atoms with Crippen LogP contribution in [0.3, 0.4) is 0 Å². The van der Waals surface area contributed by atoms with Gasteiger partial charge in [0, 0.05) is 19.5 Å². The maximum atomic E-state index is 10.4. The third kappa shape index (κ3) is 28.3. The summed E-state index contributed by atoms with van der Waals surface area (Å²) in [5, 5.41) is 37.8. The molecule has 1 aliphatic rings. The number of hydrogen-bond acceptors (Lipinski definition) is 11. The van der Waals surface area contributed by atoms with Crippen LogP contribution in [0.2, 0.25) is 0 Å². The fourth-order valence-electron chi connectivity index (χ4n) is 2.40. The van der Waals surface area contributed by atoms with Crippen molar-refractivity contribution in [1.82, 2.24) is 10.6 Å². The van der Waals surface area contributed by atoms with E-state index in [1.807, 2.05) is 0 Å². The Labute approximate surface area is 240 Å². The summed E-state index contributed by atoms with van der Waals surface area (Å²) >= 11 is 0. The van der Waals surface area contributed by atoms with Gasteiger partial charge in [-0.2, -0.15) is 0 Å². The zero-order valence-corrected chi connectivity index (χ0v) is 22.8. The molecule has 0 spiro atoms. The first-order valence-electron chi connectivity index (χ1n) is 12.2. The van der Waals surface area contributed by atoms with Gasteiger partial charge in [-0.15, -0.1) is 0 Å². The number of aliphatic imine (C=N–C) groups is 1. The molecule has 0 radical (unpaired) electrons. The second-order valence-corrected chi connectivity index (χ2v) is 8.38. The number of aliphatic carboxylic acids is 4. The summed E-state index contributed by atoms with van der Waals surface area (Å²) in [6, 6.07) is -4.10. The van der Waals surface area contributed by atoms with Gasteiger partial charge in [-0.05, 0) is 32.1 Å². The summed E-state index contributed by atoms with van der Waals surface area (Å²) in [4.78, 5) is 74.6. The fourth-order valence-corrected chi connectivity index (χ4v) is 2.40. The number of carbonyl (C=O) groups excluding carboxylic acids is 3. The molecule has 42 heavy (non-hydrogen) atoms. The number of nitrogens with one attached hydrogen (secondary N) is 2. The van der Waals surface area contributed by atoms with Crippen LogP contribution in [0.5, 0.6) is 0 Å². The highest BCUT2D eigenvalue weighted by atomic mass is 16.4. The van der Waals surface area contributed by atoms with Crippen molar-refractivity contribution >= 4 is 47.7 Å². The molecule has 1 saturated heterocycles. The monoisotopic (exact) mass is 610 g/mol. The van der Waals surface area contributed by atoms with E-state index in [2.05, 4.69) is 21.4 Å². The highest BCUT2D eigenvalue weighted by Crippen LogP contribution is 2.05. The predicted molar refractivity (Wildman–Crippen MR) is 146 cm³/mol. The Hall–Kier alpha value is -4.76. The normalized spacial score (nSPS) is 15.1. The van der Waals surface area contributed by atoms with Crippen molar-refractivity contribution < 1.29 is 54.0 Å². The molecule has 0 aromatic rings. The number of primary amides is 2. The van der Waals surface area contributed by atoms with Crippen LogP contribution in [0.4, 0.5) is 4.79 Å². The van der Waals surface area contributed by atoms with Gasteiger partial charge in [0.2, 0.25) is 11.8 Å². The average molecular weight is 611 g/mol. The second-order valence-electron chi connectivity index (χ2n) is 8.38. The van der Waals surface area contributed by atoms with E-state index in [0.717, 1.165) is 0 Å². The molecule has 0 saturated carbocycles. The number of carbonyl (C=O) groups is 7. The number of hydrogen-bond donors (Lipinski definition) is 13. The van der Waals surface area contributed by atoms with Gasteiger partial charge in [0.25, 0.3) is 0 Å². The molecule has 0 aliphatic carbocycles. The summed E-state index contributed by atoms with van der Waals surface area (Å²) < 4.78 is 0. The van der Waals surface area contributed by atoms with E-state index in [0.29, 0.717) is 51.6 Å². The predicted octanol–water partition coefficient (Wildman–Crippen LogP) is -5.08. The molecule has 1 heterocycles. The number of nitrogens with two attached hydrogens (primary N) is 7. The number of carboxylic acids is 4. The first kappa shape index (κ1) is 41.7. The van der Waals surface area contributed by atoms with Crippen molar-refractivity contribution in [2.75, 3.05) is 13.1 Å². The van der Waals surface area contributed by atoms with Gasteiger partial charge in [0.15, 0.2) is 5.96 Å². The minimum absolute atomic E-state index is 0.0129. The van der Waals surface area contributed by atoms with Gasteiger partial charge < -0.3 is 71.2 Å². The van der Waals surface area contributed by atoms with Gasteiger partial charge in [0.1, 0.15) is 24.2 Å². The van der Waals surface area contributed by atoms with E-state index in [4.69, 9.17) is 54.8 Å². The van der Waals surface area contributed by atoms with Gasteiger partial charge in [-0.25, -0.2) is 9.59 Å². The molecule has 21 heteroatoms. The van der Waals surface area contributed by atoms with Gasteiger partial charge in [0.05, 0.1) is 6.42 Å². The third-order valence-electron chi connectivity index (χ3n) is 4.62. The minimum Gasteiger partial charge on any atom is -0.480 e. The number of urea groups is 1. The highest BCUT2D eigenvalue weighted by Gasteiger charge is 2.26. The maximum absolute atomic E-state index is 10.4. The Morgan fingerprint density at radius 3 is 1.60 bits per heavy atom. The summed E-state index contributed by atoms with van der Waals surface area (Å²) in [7, 11) is 0. The molecule has 1 aliphatic heterocycles. The van der Waals surface area contributed by atoms with Crippen LogP contribution in [0.15, 0.2) is 4.99 Å². The SMILES string of the molecule is NC(=O)C[C@H](N)C(=O)O.NC(=O)NCCC[C@H](N)C(=O)O.NC(N)=NCCC[C@H](N)C(=O)O.O=C1CCC(C(=O)O)N1. The molecule has 0 bridgehead atoms. The van der Waals surface area contributed by atoms with Crippen LogP contribution in [0, 0.1) is 0 Å². The van der Waals surface area contributed by atoms with Crippen molar-refractivity contribution in [2.24, 2.45) is 45.1 Å². The zero-order chi connectivity index (χ0) is 33.4. The Morgan fingerprint density at radius 1 is 0.833 bits per heavy atom. The number of rotatable bonds is 14. The van der Waals surface area contributed by atoms with Gasteiger partial charge in [-0.3, -0.25) is 29.0 Å². The quantitative estimate of drug-likeness (QED) is 0.0496. The largest absolute Gasteiger partial charge is 0.480 e. The molecule has 0 aromatic heterocycles. The van der Waals surface area contributed by atoms with Gasteiger partial charge in [-0.1, -0.05) is 0 Å². The lowest BCUT2D eigenvalue weighted by molar-refractivity contribution is -0.140. The Bertz CT molecular complexity index is 927. The third-order valence-corrected chi connectivity index (χ3v) is 4.62. The Balaban J connectivity index is -0.000000487. The van der Waals surface area contributed by atoms with Crippen LogP contribution in [0.1, 0.15) is 44.9 Å². The van der Waals surface area contributed by atoms with Gasteiger partial charge >= 0.3 is 29.9 Å². The fraction of sp³-hybridized carbons (Fsp3) is 0.619. The molecular formula is C21H42N10O11. The summed E-state index contributed by atoms with van der Waals surface area (Å²) in [5.41, 5.74) is 34.8.